The maximum Gasteiger partial charge on any atom is 0.273 e. The highest BCUT2D eigenvalue weighted by molar-refractivity contribution is 7.13. The number of amides is 1. The molecule has 1 aromatic heterocycles. The molecule has 0 unspecified atom stereocenters. The Hall–Kier alpha value is -3.26. The van der Waals surface area contributed by atoms with Crippen molar-refractivity contribution in [2.45, 2.75) is 6.54 Å². The molecular formula is C22H22N2O5S. The molecule has 7 nitrogen and oxygen atoms in total. The van der Waals surface area contributed by atoms with Gasteiger partial charge in [0.1, 0.15) is 23.9 Å². The van der Waals surface area contributed by atoms with Gasteiger partial charge in [-0.05, 0) is 35.9 Å². The molecule has 0 spiro atoms. The Morgan fingerprint density at radius 3 is 2.60 bits per heavy atom. The summed E-state index contributed by atoms with van der Waals surface area (Å²) < 4.78 is 21.8. The summed E-state index contributed by atoms with van der Waals surface area (Å²) in [5.41, 5.74) is 2.24. The number of hydrogen-bond acceptors (Lipinski definition) is 7. The number of carbonyl (C=O) groups excluding carboxylic acids is 1. The maximum atomic E-state index is 12.9. The van der Waals surface area contributed by atoms with Crippen LogP contribution in [-0.4, -0.2) is 50.3 Å². The molecule has 0 radical (unpaired) electrons. The van der Waals surface area contributed by atoms with Crippen LogP contribution in [0.3, 0.4) is 0 Å². The molecule has 156 valence electrons. The zero-order valence-corrected chi connectivity index (χ0v) is 17.8. The van der Waals surface area contributed by atoms with Gasteiger partial charge >= 0.3 is 0 Å². The summed E-state index contributed by atoms with van der Waals surface area (Å²) in [4.78, 5) is 19.0. The van der Waals surface area contributed by atoms with Crippen LogP contribution in [0.15, 0.2) is 41.8 Å². The molecule has 30 heavy (non-hydrogen) atoms. The number of methoxy groups -OCH3 is 2. The molecule has 0 aliphatic carbocycles. The van der Waals surface area contributed by atoms with Crippen LogP contribution in [-0.2, 0) is 6.54 Å². The first-order valence-corrected chi connectivity index (χ1v) is 10.3. The zero-order valence-electron chi connectivity index (χ0n) is 17.0. The van der Waals surface area contributed by atoms with Crippen molar-refractivity contribution in [3.8, 4) is 33.6 Å². The average molecular weight is 426 g/mol. The molecule has 8 heteroatoms. The SMILES string of the molecule is COc1ccc(-c2nc(C(=O)N(C)Cc3ccc4c(c3)OCCO4)cs2)cc1OC. The second-order valence-electron chi connectivity index (χ2n) is 6.75. The number of fused-ring (bicyclic) bond motifs is 1. The van der Waals surface area contributed by atoms with E-state index in [2.05, 4.69) is 4.98 Å². The van der Waals surface area contributed by atoms with Crippen LogP contribution in [0.1, 0.15) is 16.1 Å². The van der Waals surface area contributed by atoms with Crippen LogP contribution in [0.5, 0.6) is 23.0 Å². The van der Waals surface area contributed by atoms with Gasteiger partial charge in [0.15, 0.2) is 23.0 Å². The predicted molar refractivity (Wildman–Crippen MR) is 114 cm³/mol. The molecule has 3 aromatic rings. The number of nitrogens with zero attached hydrogens (tertiary/aromatic N) is 2. The van der Waals surface area contributed by atoms with Crippen LogP contribution in [0, 0.1) is 0 Å². The lowest BCUT2D eigenvalue weighted by Crippen LogP contribution is -2.26. The number of benzene rings is 2. The standard InChI is InChI=1S/C22H22N2O5S/c1-24(12-14-4-6-18-20(10-14)29-9-8-28-18)22(25)16-13-30-21(23-16)15-5-7-17(26-2)19(11-15)27-3/h4-7,10-11,13H,8-9,12H2,1-3H3. The van der Waals surface area contributed by atoms with Crippen molar-refractivity contribution in [2.24, 2.45) is 0 Å². The quantitative estimate of drug-likeness (QED) is 0.596. The Bertz CT molecular complexity index is 1070. The molecule has 1 aliphatic heterocycles. The van der Waals surface area contributed by atoms with E-state index < -0.39 is 0 Å². The fourth-order valence-corrected chi connectivity index (χ4v) is 3.99. The summed E-state index contributed by atoms with van der Waals surface area (Å²) in [6, 6.07) is 11.3. The Morgan fingerprint density at radius 2 is 1.83 bits per heavy atom. The first-order chi connectivity index (χ1) is 14.6. The van der Waals surface area contributed by atoms with Crippen molar-refractivity contribution >= 4 is 17.2 Å². The van der Waals surface area contributed by atoms with Gasteiger partial charge in [-0.25, -0.2) is 4.98 Å². The van der Waals surface area contributed by atoms with Gasteiger partial charge < -0.3 is 23.8 Å². The minimum absolute atomic E-state index is 0.145. The molecule has 0 N–H and O–H groups in total. The van der Waals surface area contributed by atoms with Gasteiger partial charge in [-0.1, -0.05) is 6.07 Å². The van der Waals surface area contributed by atoms with E-state index in [0.717, 1.165) is 21.9 Å². The van der Waals surface area contributed by atoms with E-state index in [0.29, 0.717) is 42.7 Å². The molecular weight excluding hydrogens is 404 g/mol. The molecule has 0 fully saturated rings. The molecule has 4 rings (SSSR count). The number of ether oxygens (including phenoxy) is 4. The third kappa shape index (κ3) is 4.04. The summed E-state index contributed by atoms with van der Waals surface area (Å²) in [6.07, 6.45) is 0. The van der Waals surface area contributed by atoms with Crippen molar-refractivity contribution in [1.29, 1.82) is 0 Å². The Labute approximate surface area is 178 Å². The molecule has 0 atom stereocenters. The molecule has 0 saturated heterocycles. The van der Waals surface area contributed by atoms with Crippen LogP contribution in [0.2, 0.25) is 0 Å². The van der Waals surface area contributed by atoms with Crippen molar-refractivity contribution in [3.63, 3.8) is 0 Å². The lowest BCUT2D eigenvalue weighted by Gasteiger charge is -2.21. The van der Waals surface area contributed by atoms with Gasteiger partial charge in [0.2, 0.25) is 0 Å². The summed E-state index contributed by atoms with van der Waals surface area (Å²) in [6.45, 7) is 1.53. The summed E-state index contributed by atoms with van der Waals surface area (Å²) >= 11 is 1.41. The maximum absolute atomic E-state index is 12.9. The van der Waals surface area contributed by atoms with Gasteiger partial charge in [0.25, 0.3) is 5.91 Å². The lowest BCUT2D eigenvalue weighted by molar-refractivity contribution is 0.0780. The number of carbonyl (C=O) groups is 1. The van der Waals surface area contributed by atoms with E-state index in [4.69, 9.17) is 18.9 Å². The van der Waals surface area contributed by atoms with E-state index in [1.54, 1.807) is 31.5 Å². The molecule has 0 saturated carbocycles. The van der Waals surface area contributed by atoms with Crippen LogP contribution in [0.4, 0.5) is 0 Å². The first-order valence-electron chi connectivity index (χ1n) is 9.41. The normalized spacial score (nSPS) is 12.4. The molecule has 1 aliphatic rings. The predicted octanol–water partition coefficient (Wildman–Crippen LogP) is 3.87. The molecule has 2 heterocycles. The minimum atomic E-state index is -0.145. The van der Waals surface area contributed by atoms with Gasteiger partial charge in [0.05, 0.1) is 14.2 Å². The highest BCUT2D eigenvalue weighted by atomic mass is 32.1. The molecule has 0 bridgehead atoms. The summed E-state index contributed by atoms with van der Waals surface area (Å²) in [7, 11) is 4.94. The third-order valence-corrected chi connectivity index (χ3v) is 5.62. The molecule has 2 aromatic carbocycles. The minimum Gasteiger partial charge on any atom is -0.493 e. The monoisotopic (exact) mass is 426 g/mol. The average Bonchev–Trinajstić information content (AvgIpc) is 3.28. The van der Waals surface area contributed by atoms with Gasteiger partial charge in [-0.3, -0.25) is 4.79 Å². The fraction of sp³-hybridized carbons (Fsp3) is 0.273. The largest absolute Gasteiger partial charge is 0.493 e. The second kappa shape index (κ2) is 8.62. The third-order valence-electron chi connectivity index (χ3n) is 4.73. The number of rotatable bonds is 6. The van der Waals surface area contributed by atoms with E-state index in [-0.39, 0.29) is 5.91 Å². The van der Waals surface area contributed by atoms with Crippen molar-refractivity contribution in [3.05, 3.63) is 53.0 Å². The highest BCUT2D eigenvalue weighted by Crippen LogP contribution is 2.34. The summed E-state index contributed by atoms with van der Waals surface area (Å²) in [5, 5.41) is 2.52. The lowest BCUT2D eigenvalue weighted by atomic mass is 10.2. The van der Waals surface area contributed by atoms with Crippen molar-refractivity contribution < 1.29 is 23.7 Å². The van der Waals surface area contributed by atoms with Gasteiger partial charge in [-0.2, -0.15) is 0 Å². The smallest absolute Gasteiger partial charge is 0.273 e. The highest BCUT2D eigenvalue weighted by Gasteiger charge is 2.19. The van der Waals surface area contributed by atoms with Crippen molar-refractivity contribution in [2.75, 3.05) is 34.5 Å². The van der Waals surface area contributed by atoms with Crippen LogP contribution in [0.25, 0.3) is 10.6 Å². The van der Waals surface area contributed by atoms with E-state index in [1.165, 1.54) is 11.3 Å². The Morgan fingerprint density at radius 1 is 1.07 bits per heavy atom. The molecule has 1 amide bonds. The van der Waals surface area contributed by atoms with Gasteiger partial charge in [0, 0.05) is 24.5 Å². The number of thiazole rings is 1. The van der Waals surface area contributed by atoms with E-state index in [9.17, 15) is 4.79 Å². The van der Waals surface area contributed by atoms with Crippen LogP contribution < -0.4 is 18.9 Å². The zero-order chi connectivity index (χ0) is 21.1. The number of hydrogen-bond donors (Lipinski definition) is 0. The van der Waals surface area contributed by atoms with Crippen LogP contribution >= 0.6 is 11.3 Å². The van der Waals surface area contributed by atoms with E-state index in [1.807, 2.05) is 36.4 Å². The summed E-state index contributed by atoms with van der Waals surface area (Å²) in [5.74, 6) is 2.57. The first kappa shape index (κ1) is 20.0. The Balaban J connectivity index is 1.48. The second-order valence-corrected chi connectivity index (χ2v) is 7.60. The van der Waals surface area contributed by atoms with E-state index >= 15 is 0 Å². The Kier molecular flexibility index (Phi) is 5.76. The topological polar surface area (TPSA) is 70.1 Å². The van der Waals surface area contributed by atoms with Crippen molar-refractivity contribution in [1.82, 2.24) is 9.88 Å². The fourth-order valence-electron chi connectivity index (χ4n) is 3.20. The number of aromatic nitrogens is 1. The van der Waals surface area contributed by atoms with Gasteiger partial charge in [-0.15, -0.1) is 11.3 Å².